The third-order valence-corrected chi connectivity index (χ3v) is 3.87. The SMILES string of the molecule is CC(N)CS(=O)(=O)Cc1ccc(OC(F)(F)F)cc1. The zero-order chi connectivity index (χ0) is 14.7. The number of nitrogens with two attached hydrogens (primary N) is 1. The summed E-state index contributed by atoms with van der Waals surface area (Å²) < 4.78 is 62.7. The van der Waals surface area contributed by atoms with Gasteiger partial charge in [0.1, 0.15) is 5.75 Å². The minimum absolute atomic E-state index is 0.173. The van der Waals surface area contributed by atoms with Gasteiger partial charge < -0.3 is 10.5 Å². The fourth-order valence-electron chi connectivity index (χ4n) is 1.50. The standard InChI is InChI=1S/C11H14F3NO3S/c1-8(15)6-19(16,17)7-9-2-4-10(5-3-9)18-11(12,13)14/h2-5,8H,6-7,15H2,1H3. The minimum Gasteiger partial charge on any atom is -0.406 e. The van der Waals surface area contributed by atoms with Crippen LogP contribution in [0.2, 0.25) is 0 Å². The van der Waals surface area contributed by atoms with Crippen LogP contribution in [0.3, 0.4) is 0 Å². The van der Waals surface area contributed by atoms with Gasteiger partial charge in [-0.25, -0.2) is 8.42 Å². The Morgan fingerprint density at radius 3 is 2.21 bits per heavy atom. The molecule has 0 amide bonds. The van der Waals surface area contributed by atoms with Crippen LogP contribution in [-0.2, 0) is 15.6 Å². The molecular weight excluding hydrogens is 283 g/mol. The number of ether oxygens (including phenoxy) is 1. The van der Waals surface area contributed by atoms with Gasteiger partial charge in [-0.15, -0.1) is 13.2 Å². The Morgan fingerprint density at radius 2 is 1.79 bits per heavy atom. The summed E-state index contributed by atoms with van der Waals surface area (Å²) in [5, 5.41) is 0. The van der Waals surface area contributed by atoms with Crippen molar-refractivity contribution in [2.45, 2.75) is 25.1 Å². The molecule has 1 unspecified atom stereocenters. The Hall–Kier alpha value is -1.28. The van der Waals surface area contributed by atoms with Gasteiger partial charge in [0.15, 0.2) is 9.84 Å². The monoisotopic (exact) mass is 297 g/mol. The van der Waals surface area contributed by atoms with Crippen molar-refractivity contribution in [2.75, 3.05) is 5.75 Å². The summed E-state index contributed by atoms with van der Waals surface area (Å²) in [6.45, 7) is 1.57. The van der Waals surface area contributed by atoms with Crippen LogP contribution in [0, 0.1) is 0 Å². The van der Waals surface area contributed by atoms with E-state index >= 15 is 0 Å². The van der Waals surface area contributed by atoms with Crippen molar-refractivity contribution in [2.24, 2.45) is 5.73 Å². The number of sulfone groups is 1. The maximum atomic E-state index is 11.9. The van der Waals surface area contributed by atoms with Crippen LogP contribution in [0.5, 0.6) is 5.75 Å². The Bertz CT molecular complexity index is 509. The van der Waals surface area contributed by atoms with Crippen LogP contribution in [0.15, 0.2) is 24.3 Å². The van der Waals surface area contributed by atoms with E-state index in [1.165, 1.54) is 12.1 Å². The van der Waals surface area contributed by atoms with Crippen molar-refractivity contribution in [1.82, 2.24) is 0 Å². The van der Waals surface area contributed by atoms with E-state index in [9.17, 15) is 21.6 Å². The van der Waals surface area contributed by atoms with Gasteiger partial charge in [0, 0.05) is 6.04 Å². The maximum Gasteiger partial charge on any atom is 0.573 e. The normalized spacial score (nSPS) is 14.2. The Balaban J connectivity index is 2.72. The molecule has 19 heavy (non-hydrogen) atoms. The van der Waals surface area contributed by atoms with Crippen molar-refractivity contribution >= 4 is 9.84 Å². The topological polar surface area (TPSA) is 69.4 Å². The average Bonchev–Trinajstić information content (AvgIpc) is 2.16. The number of hydrogen-bond acceptors (Lipinski definition) is 4. The predicted molar refractivity (Wildman–Crippen MR) is 64.3 cm³/mol. The summed E-state index contributed by atoms with van der Waals surface area (Å²) in [7, 11) is -3.37. The molecule has 108 valence electrons. The van der Waals surface area contributed by atoms with E-state index in [2.05, 4.69) is 4.74 Å². The Kier molecular flexibility index (Phi) is 4.81. The molecule has 0 aliphatic heterocycles. The number of alkyl halides is 3. The summed E-state index contributed by atoms with van der Waals surface area (Å²) in [5.74, 6) is -0.824. The zero-order valence-corrected chi connectivity index (χ0v) is 11.0. The molecule has 0 heterocycles. The average molecular weight is 297 g/mol. The lowest BCUT2D eigenvalue weighted by Gasteiger charge is -2.10. The third kappa shape index (κ3) is 6.44. The van der Waals surface area contributed by atoms with Crippen LogP contribution in [0.25, 0.3) is 0 Å². The molecule has 2 N–H and O–H groups in total. The summed E-state index contributed by atoms with van der Waals surface area (Å²) in [5.41, 5.74) is 5.79. The molecule has 1 rings (SSSR count). The van der Waals surface area contributed by atoms with Crippen LogP contribution >= 0.6 is 0 Å². The lowest BCUT2D eigenvalue weighted by atomic mass is 10.2. The van der Waals surface area contributed by atoms with Crippen molar-refractivity contribution in [3.05, 3.63) is 29.8 Å². The van der Waals surface area contributed by atoms with Gasteiger partial charge in [-0.05, 0) is 24.6 Å². The van der Waals surface area contributed by atoms with E-state index in [0.29, 0.717) is 5.56 Å². The van der Waals surface area contributed by atoms with Crippen molar-refractivity contribution in [1.29, 1.82) is 0 Å². The van der Waals surface area contributed by atoms with Crippen LogP contribution in [0.4, 0.5) is 13.2 Å². The second kappa shape index (κ2) is 5.79. The number of hydrogen-bond donors (Lipinski definition) is 1. The molecule has 0 aliphatic carbocycles. The quantitative estimate of drug-likeness (QED) is 0.900. The van der Waals surface area contributed by atoms with E-state index in [1.807, 2.05) is 0 Å². The molecule has 8 heteroatoms. The second-order valence-electron chi connectivity index (χ2n) is 4.22. The van der Waals surface area contributed by atoms with Crippen LogP contribution in [0.1, 0.15) is 12.5 Å². The van der Waals surface area contributed by atoms with E-state index in [0.717, 1.165) is 12.1 Å². The van der Waals surface area contributed by atoms with Gasteiger partial charge in [0.25, 0.3) is 0 Å². The molecule has 0 saturated carbocycles. The van der Waals surface area contributed by atoms with Crippen molar-refractivity contribution in [3.8, 4) is 5.75 Å². The molecule has 0 aliphatic rings. The highest BCUT2D eigenvalue weighted by Crippen LogP contribution is 2.23. The van der Waals surface area contributed by atoms with Gasteiger partial charge >= 0.3 is 6.36 Å². The van der Waals surface area contributed by atoms with E-state index < -0.39 is 22.2 Å². The highest BCUT2D eigenvalue weighted by Gasteiger charge is 2.31. The number of rotatable bonds is 5. The summed E-state index contributed by atoms with van der Waals surface area (Å²) in [4.78, 5) is 0. The lowest BCUT2D eigenvalue weighted by molar-refractivity contribution is -0.274. The summed E-state index contributed by atoms with van der Waals surface area (Å²) in [6.07, 6.45) is -4.76. The van der Waals surface area contributed by atoms with E-state index in [-0.39, 0.29) is 17.3 Å². The Morgan fingerprint density at radius 1 is 1.26 bits per heavy atom. The molecular formula is C11H14F3NO3S. The largest absolute Gasteiger partial charge is 0.573 e. The smallest absolute Gasteiger partial charge is 0.406 e. The fraction of sp³-hybridized carbons (Fsp3) is 0.455. The molecule has 0 bridgehead atoms. The summed E-state index contributed by atoms with van der Waals surface area (Å²) in [6, 6.07) is 4.21. The predicted octanol–water partition coefficient (Wildman–Crippen LogP) is 1.85. The lowest BCUT2D eigenvalue weighted by Crippen LogP contribution is -2.27. The molecule has 0 spiro atoms. The van der Waals surface area contributed by atoms with Gasteiger partial charge in [0.2, 0.25) is 0 Å². The van der Waals surface area contributed by atoms with Gasteiger partial charge in [0.05, 0.1) is 11.5 Å². The number of benzene rings is 1. The van der Waals surface area contributed by atoms with Crippen LogP contribution < -0.4 is 10.5 Å². The van der Waals surface area contributed by atoms with Crippen molar-refractivity contribution < 1.29 is 26.3 Å². The third-order valence-electron chi connectivity index (χ3n) is 2.06. The first-order valence-electron chi connectivity index (χ1n) is 5.38. The zero-order valence-electron chi connectivity index (χ0n) is 10.1. The maximum absolute atomic E-state index is 11.9. The molecule has 0 aromatic heterocycles. The molecule has 1 atom stereocenters. The van der Waals surface area contributed by atoms with Crippen molar-refractivity contribution in [3.63, 3.8) is 0 Å². The first-order chi connectivity index (χ1) is 8.57. The number of halogens is 3. The molecule has 0 radical (unpaired) electrons. The fourth-order valence-corrected chi connectivity index (χ4v) is 3.12. The Labute approximate surface area is 109 Å². The summed E-state index contributed by atoms with van der Waals surface area (Å²) >= 11 is 0. The van der Waals surface area contributed by atoms with Crippen LogP contribution in [-0.4, -0.2) is 26.6 Å². The first kappa shape index (κ1) is 15.8. The highest BCUT2D eigenvalue weighted by atomic mass is 32.2. The van der Waals surface area contributed by atoms with E-state index in [1.54, 1.807) is 6.92 Å². The van der Waals surface area contributed by atoms with E-state index in [4.69, 9.17) is 5.73 Å². The van der Waals surface area contributed by atoms with Gasteiger partial charge in [-0.3, -0.25) is 0 Å². The molecule has 0 saturated heterocycles. The molecule has 1 aromatic rings. The highest BCUT2D eigenvalue weighted by molar-refractivity contribution is 7.90. The minimum atomic E-state index is -4.76. The second-order valence-corrected chi connectivity index (χ2v) is 6.33. The first-order valence-corrected chi connectivity index (χ1v) is 7.20. The van der Waals surface area contributed by atoms with Gasteiger partial charge in [-0.2, -0.15) is 0 Å². The molecule has 0 fully saturated rings. The molecule has 4 nitrogen and oxygen atoms in total. The van der Waals surface area contributed by atoms with Gasteiger partial charge in [-0.1, -0.05) is 12.1 Å². The molecule has 1 aromatic carbocycles.